The minimum Gasteiger partial charge on any atom is -0.495 e. The highest BCUT2D eigenvalue weighted by Gasteiger charge is 2.13. The van der Waals surface area contributed by atoms with E-state index in [9.17, 15) is 5.11 Å². The molecule has 0 bridgehead atoms. The van der Waals surface area contributed by atoms with Crippen LogP contribution < -0.4 is 10.1 Å². The molecule has 0 aliphatic carbocycles. The molecule has 20 heavy (non-hydrogen) atoms. The molecule has 2 aromatic rings. The Morgan fingerprint density at radius 1 is 1.30 bits per heavy atom. The first kappa shape index (κ1) is 15.2. The Morgan fingerprint density at radius 2 is 2.05 bits per heavy atom. The van der Waals surface area contributed by atoms with E-state index in [0.29, 0.717) is 10.8 Å². The first-order valence-electron chi connectivity index (χ1n) is 6.11. The molecular weight excluding hydrogens is 342 g/mol. The molecule has 106 valence electrons. The predicted molar refractivity (Wildman–Crippen MR) is 85.6 cm³/mol. The van der Waals surface area contributed by atoms with E-state index >= 15 is 0 Å². The highest BCUT2D eigenvalue weighted by molar-refractivity contribution is 9.10. The Bertz CT molecular complexity index is 592. The number of benzene rings is 2. The molecule has 0 saturated heterocycles. The highest BCUT2D eigenvalue weighted by Crippen LogP contribution is 2.30. The van der Waals surface area contributed by atoms with Crippen LogP contribution >= 0.6 is 27.5 Å². The Balaban J connectivity index is 2.24. The molecule has 0 heterocycles. The zero-order valence-corrected chi connectivity index (χ0v) is 13.3. The van der Waals surface area contributed by atoms with Crippen LogP contribution in [0.25, 0.3) is 0 Å². The van der Waals surface area contributed by atoms with Gasteiger partial charge in [0, 0.05) is 10.2 Å². The van der Waals surface area contributed by atoms with Gasteiger partial charge in [0.05, 0.1) is 24.8 Å². The summed E-state index contributed by atoms with van der Waals surface area (Å²) >= 11 is 9.59. The maximum Gasteiger partial charge on any atom is 0.137 e. The second kappa shape index (κ2) is 6.97. The molecule has 2 rings (SSSR count). The molecule has 0 aliphatic heterocycles. The van der Waals surface area contributed by atoms with Gasteiger partial charge in [-0.15, -0.1) is 0 Å². The minimum absolute atomic E-state index is 0.0377. The largest absolute Gasteiger partial charge is 0.495 e. The average molecular weight is 357 g/mol. The van der Waals surface area contributed by atoms with Crippen LogP contribution in [0.1, 0.15) is 11.6 Å². The number of hydrogen-bond donors (Lipinski definition) is 2. The zero-order valence-electron chi connectivity index (χ0n) is 10.9. The number of aliphatic hydroxyl groups is 1. The van der Waals surface area contributed by atoms with E-state index in [1.165, 1.54) is 0 Å². The van der Waals surface area contributed by atoms with Crippen molar-refractivity contribution in [3.63, 3.8) is 0 Å². The summed E-state index contributed by atoms with van der Waals surface area (Å²) in [5.74, 6) is 0.619. The molecule has 0 radical (unpaired) electrons. The van der Waals surface area contributed by atoms with E-state index in [1.807, 2.05) is 30.3 Å². The molecule has 2 N–H and O–H groups in total. The van der Waals surface area contributed by atoms with Crippen LogP contribution in [0, 0.1) is 0 Å². The number of halogens is 2. The summed E-state index contributed by atoms with van der Waals surface area (Å²) < 4.78 is 6.07. The van der Waals surface area contributed by atoms with E-state index in [-0.39, 0.29) is 12.6 Å². The minimum atomic E-state index is -0.239. The van der Waals surface area contributed by atoms with E-state index in [2.05, 4.69) is 21.2 Å². The lowest BCUT2D eigenvalue weighted by atomic mass is 10.1. The number of hydrogen-bond acceptors (Lipinski definition) is 3. The Labute approximate surface area is 131 Å². The second-order valence-corrected chi connectivity index (χ2v) is 5.51. The van der Waals surface area contributed by atoms with Gasteiger partial charge in [0.2, 0.25) is 0 Å². The van der Waals surface area contributed by atoms with Crippen LogP contribution in [0.3, 0.4) is 0 Å². The lowest BCUT2D eigenvalue weighted by Crippen LogP contribution is -2.15. The molecule has 1 atom stereocenters. The summed E-state index contributed by atoms with van der Waals surface area (Å²) in [6.07, 6.45) is 0. The van der Waals surface area contributed by atoms with Crippen LogP contribution in [0.4, 0.5) is 5.69 Å². The van der Waals surface area contributed by atoms with Crippen molar-refractivity contribution in [2.45, 2.75) is 6.04 Å². The van der Waals surface area contributed by atoms with Crippen molar-refractivity contribution in [3.05, 3.63) is 57.5 Å². The van der Waals surface area contributed by atoms with Crippen LogP contribution in [-0.2, 0) is 0 Å². The van der Waals surface area contributed by atoms with Crippen molar-refractivity contribution in [3.8, 4) is 5.75 Å². The number of aliphatic hydroxyl groups excluding tert-OH is 1. The van der Waals surface area contributed by atoms with Crippen molar-refractivity contribution in [1.29, 1.82) is 0 Å². The van der Waals surface area contributed by atoms with Gasteiger partial charge in [-0.25, -0.2) is 0 Å². The molecular formula is C15H15BrClNO2. The molecule has 5 heteroatoms. The smallest absolute Gasteiger partial charge is 0.137 e. The molecule has 2 aromatic carbocycles. The summed E-state index contributed by atoms with van der Waals surface area (Å²) in [6.45, 7) is -0.0377. The van der Waals surface area contributed by atoms with Crippen LogP contribution in [-0.4, -0.2) is 18.8 Å². The number of rotatable bonds is 5. The zero-order chi connectivity index (χ0) is 14.5. The topological polar surface area (TPSA) is 41.5 Å². The predicted octanol–water partition coefficient (Wildman–Crippen LogP) is 4.26. The van der Waals surface area contributed by atoms with Crippen molar-refractivity contribution >= 4 is 33.2 Å². The second-order valence-electron chi connectivity index (χ2n) is 4.25. The Morgan fingerprint density at radius 3 is 2.65 bits per heavy atom. The SMILES string of the molecule is COc1ccc(C(CO)Nc2ccccc2Br)cc1Cl. The maximum atomic E-state index is 9.60. The summed E-state index contributed by atoms with van der Waals surface area (Å²) in [4.78, 5) is 0. The summed E-state index contributed by atoms with van der Waals surface area (Å²) in [6, 6.07) is 13.0. The Kier molecular flexibility index (Phi) is 5.29. The van der Waals surface area contributed by atoms with E-state index < -0.39 is 0 Å². The molecule has 1 unspecified atom stereocenters. The third-order valence-corrected chi connectivity index (χ3v) is 3.95. The normalized spacial score (nSPS) is 12.0. The third-order valence-electron chi connectivity index (χ3n) is 2.96. The summed E-state index contributed by atoms with van der Waals surface area (Å²) in [5.41, 5.74) is 1.81. The molecule has 0 saturated carbocycles. The molecule has 0 fully saturated rings. The number of para-hydroxylation sites is 1. The van der Waals surface area contributed by atoms with E-state index in [1.54, 1.807) is 19.2 Å². The van der Waals surface area contributed by atoms with Gasteiger partial charge < -0.3 is 15.2 Å². The van der Waals surface area contributed by atoms with Gasteiger partial charge >= 0.3 is 0 Å². The molecule has 0 aromatic heterocycles. The maximum absolute atomic E-state index is 9.60. The molecule has 3 nitrogen and oxygen atoms in total. The molecule has 0 amide bonds. The lowest BCUT2D eigenvalue weighted by molar-refractivity contribution is 0.276. The number of ether oxygens (including phenoxy) is 1. The fraction of sp³-hybridized carbons (Fsp3) is 0.200. The number of anilines is 1. The Hall–Kier alpha value is -1.23. The van der Waals surface area contributed by atoms with E-state index in [4.69, 9.17) is 16.3 Å². The average Bonchev–Trinajstić information content (AvgIpc) is 2.46. The summed E-state index contributed by atoms with van der Waals surface area (Å²) in [5, 5.41) is 13.4. The third kappa shape index (κ3) is 3.45. The fourth-order valence-corrected chi connectivity index (χ4v) is 2.57. The quantitative estimate of drug-likeness (QED) is 0.841. The van der Waals surface area contributed by atoms with Gasteiger partial charge in [0.15, 0.2) is 0 Å². The van der Waals surface area contributed by atoms with Crippen LogP contribution in [0.15, 0.2) is 46.9 Å². The van der Waals surface area contributed by atoms with E-state index in [0.717, 1.165) is 15.7 Å². The van der Waals surface area contributed by atoms with Gasteiger partial charge in [-0.2, -0.15) is 0 Å². The number of methoxy groups -OCH3 is 1. The highest BCUT2D eigenvalue weighted by atomic mass is 79.9. The molecule has 0 aliphatic rings. The summed E-state index contributed by atoms with van der Waals surface area (Å²) in [7, 11) is 1.57. The standard InChI is InChI=1S/C15H15BrClNO2/c1-20-15-7-6-10(8-12(15)17)14(9-19)18-13-5-3-2-4-11(13)16/h2-8,14,18-19H,9H2,1H3. The van der Waals surface area contributed by atoms with Crippen LogP contribution in [0.5, 0.6) is 5.75 Å². The van der Waals surface area contributed by atoms with Gasteiger partial charge in [-0.1, -0.05) is 29.8 Å². The first-order chi connectivity index (χ1) is 9.65. The van der Waals surface area contributed by atoms with Gasteiger partial charge in [0.1, 0.15) is 5.75 Å². The lowest BCUT2D eigenvalue weighted by Gasteiger charge is -2.19. The van der Waals surface area contributed by atoms with Gasteiger partial charge in [0.25, 0.3) is 0 Å². The molecule has 0 spiro atoms. The van der Waals surface area contributed by atoms with Gasteiger partial charge in [-0.3, -0.25) is 0 Å². The van der Waals surface area contributed by atoms with Crippen molar-refractivity contribution in [2.24, 2.45) is 0 Å². The van der Waals surface area contributed by atoms with Crippen molar-refractivity contribution in [2.75, 3.05) is 19.0 Å². The van der Waals surface area contributed by atoms with Crippen molar-refractivity contribution in [1.82, 2.24) is 0 Å². The van der Waals surface area contributed by atoms with Gasteiger partial charge in [-0.05, 0) is 45.8 Å². The monoisotopic (exact) mass is 355 g/mol. The first-order valence-corrected chi connectivity index (χ1v) is 7.28. The number of nitrogens with one attached hydrogen (secondary N) is 1. The fourth-order valence-electron chi connectivity index (χ4n) is 1.90. The van der Waals surface area contributed by atoms with Crippen molar-refractivity contribution < 1.29 is 9.84 Å². The van der Waals surface area contributed by atoms with Crippen LogP contribution in [0.2, 0.25) is 5.02 Å².